The molecule has 0 saturated carbocycles. The summed E-state index contributed by atoms with van der Waals surface area (Å²) in [6, 6.07) is 4.59. The van der Waals surface area contributed by atoms with Gasteiger partial charge in [-0.05, 0) is 44.4 Å². The number of piperidine rings is 1. The summed E-state index contributed by atoms with van der Waals surface area (Å²) in [5.41, 5.74) is 1.69. The van der Waals surface area contributed by atoms with Crippen molar-refractivity contribution in [2.75, 3.05) is 13.1 Å². The zero-order valence-corrected chi connectivity index (χ0v) is 14.2. The third-order valence-electron chi connectivity index (χ3n) is 4.79. The molecule has 0 atom stereocenters. The van der Waals surface area contributed by atoms with Crippen LogP contribution in [0.25, 0.3) is 0 Å². The quantitative estimate of drug-likeness (QED) is 0.928. The van der Waals surface area contributed by atoms with Gasteiger partial charge in [-0.1, -0.05) is 6.07 Å². The number of carbonyl (C=O) groups is 2. The van der Waals surface area contributed by atoms with Crippen LogP contribution in [0.2, 0.25) is 0 Å². The molecule has 2 heterocycles. The van der Waals surface area contributed by atoms with E-state index in [9.17, 15) is 14.0 Å². The maximum atomic E-state index is 13.7. The Hall–Kier alpha value is -2.70. The molecule has 1 aromatic carbocycles. The topological polar surface area (TPSA) is 75.4 Å². The summed E-state index contributed by atoms with van der Waals surface area (Å²) in [5, 5.41) is 13.3. The Bertz CT molecular complexity index is 823. The molecular formula is C18H20FN3O3. The molecule has 0 unspecified atom stereocenters. The largest absolute Gasteiger partial charge is 0.478 e. The summed E-state index contributed by atoms with van der Waals surface area (Å²) in [6.45, 7) is 4.46. The molecule has 1 N–H and O–H groups in total. The highest BCUT2D eigenvalue weighted by Crippen LogP contribution is 2.25. The van der Waals surface area contributed by atoms with Gasteiger partial charge in [0.25, 0.3) is 5.91 Å². The van der Waals surface area contributed by atoms with E-state index in [2.05, 4.69) is 5.10 Å². The molecule has 6 nitrogen and oxygen atoms in total. The first-order chi connectivity index (χ1) is 11.9. The van der Waals surface area contributed by atoms with E-state index in [0.29, 0.717) is 42.8 Å². The van der Waals surface area contributed by atoms with Gasteiger partial charge in [0.2, 0.25) is 0 Å². The second-order valence-electron chi connectivity index (χ2n) is 6.38. The van der Waals surface area contributed by atoms with E-state index in [4.69, 9.17) is 5.11 Å². The Kier molecular flexibility index (Phi) is 4.57. The van der Waals surface area contributed by atoms with Crippen molar-refractivity contribution in [3.63, 3.8) is 0 Å². The number of carboxylic acid groups (broad SMARTS) is 1. The molecule has 0 aliphatic carbocycles. The molecule has 25 heavy (non-hydrogen) atoms. The summed E-state index contributed by atoms with van der Waals surface area (Å²) in [7, 11) is 0. The van der Waals surface area contributed by atoms with Gasteiger partial charge in [-0.25, -0.2) is 9.18 Å². The van der Waals surface area contributed by atoms with Gasteiger partial charge >= 0.3 is 5.97 Å². The predicted octanol–water partition coefficient (Wildman–Crippen LogP) is 2.81. The number of benzene rings is 1. The number of aromatic carboxylic acids is 1. The van der Waals surface area contributed by atoms with Crippen molar-refractivity contribution < 1.29 is 19.1 Å². The van der Waals surface area contributed by atoms with Crippen LogP contribution in [0, 0.1) is 19.7 Å². The molecule has 2 aromatic rings. The highest BCUT2D eigenvalue weighted by Gasteiger charge is 2.27. The average Bonchev–Trinajstić information content (AvgIpc) is 2.98. The molecular weight excluding hydrogens is 325 g/mol. The van der Waals surface area contributed by atoms with Gasteiger partial charge in [-0.2, -0.15) is 5.10 Å². The van der Waals surface area contributed by atoms with Gasteiger partial charge in [0.15, 0.2) is 0 Å². The summed E-state index contributed by atoms with van der Waals surface area (Å²) in [5.74, 6) is -1.55. The highest BCUT2D eigenvalue weighted by atomic mass is 19.1. The lowest BCUT2D eigenvalue weighted by Crippen LogP contribution is -2.39. The molecule has 1 aliphatic heterocycles. The maximum Gasteiger partial charge on any atom is 0.339 e. The molecule has 1 amide bonds. The second-order valence-corrected chi connectivity index (χ2v) is 6.38. The van der Waals surface area contributed by atoms with Crippen molar-refractivity contribution in [1.29, 1.82) is 0 Å². The first-order valence-corrected chi connectivity index (χ1v) is 8.21. The summed E-state index contributed by atoms with van der Waals surface area (Å²) in [6.07, 6.45) is 2.73. The summed E-state index contributed by atoms with van der Waals surface area (Å²) in [4.78, 5) is 25.4. The molecule has 0 spiro atoms. The van der Waals surface area contributed by atoms with Crippen LogP contribution in [0.4, 0.5) is 4.39 Å². The third-order valence-corrected chi connectivity index (χ3v) is 4.79. The lowest BCUT2D eigenvalue weighted by Gasteiger charge is -2.32. The number of hydrogen-bond acceptors (Lipinski definition) is 3. The van der Waals surface area contributed by atoms with Crippen molar-refractivity contribution in [2.45, 2.75) is 32.7 Å². The lowest BCUT2D eigenvalue weighted by atomic mass is 10.0. The van der Waals surface area contributed by atoms with Gasteiger partial charge in [-0.3, -0.25) is 9.48 Å². The van der Waals surface area contributed by atoms with Crippen molar-refractivity contribution in [3.05, 3.63) is 52.6 Å². The minimum absolute atomic E-state index is 0.0619. The Morgan fingerprint density at radius 1 is 1.24 bits per heavy atom. The number of rotatable bonds is 3. The molecule has 3 rings (SSSR count). The number of nitrogens with zero attached hydrogens (tertiary/aromatic N) is 3. The van der Waals surface area contributed by atoms with E-state index < -0.39 is 5.97 Å². The highest BCUT2D eigenvalue weighted by molar-refractivity contribution is 5.94. The van der Waals surface area contributed by atoms with Crippen LogP contribution in [-0.4, -0.2) is 44.8 Å². The number of carbonyl (C=O) groups excluding carboxylic acids is 1. The number of aromatic nitrogens is 2. The van der Waals surface area contributed by atoms with E-state index in [1.807, 2.05) is 0 Å². The number of halogens is 1. The van der Waals surface area contributed by atoms with Crippen LogP contribution in [0.1, 0.15) is 50.9 Å². The van der Waals surface area contributed by atoms with Crippen LogP contribution in [0.15, 0.2) is 24.4 Å². The first-order valence-electron chi connectivity index (χ1n) is 8.21. The van der Waals surface area contributed by atoms with Crippen molar-refractivity contribution in [1.82, 2.24) is 14.7 Å². The summed E-state index contributed by atoms with van der Waals surface area (Å²) < 4.78 is 15.4. The zero-order valence-electron chi connectivity index (χ0n) is 14.2. The van der Waals surface area contributed by atoms with Gasteiger partial charge < -0.3 is 10.0 Å². The molecule has 1 saturated heterocycles. The van der Waals surface area contributed by atoms with E-state index in [0.717, 1.165) is 0 Å². The number of aryl methyl sites for hydroxylation is 1. The molecule has 1 fully saturated rings. The SMILES string of the molecule is Cc1ccc(C(=O)N2CCC(n3ncc(C(=O)O)c3C)CC2)cc1F. The third kappa shape index (κ3) is 3.26. The van der Waals surface area contributed by atoms with Gasteiger partial charge in [0, 0.05) is 18.7 Å². The monoisotopic (exact) mass is 345 g/mol. The van der Waals surface area contributed by atoms with Crippen LogP contribution in [0.5, 0.6) is 0 Å². The number of hydrogen-bond donors (Lipinski definition) is 1. The number of carboxylic acids is 1. The lowest BCUT2D eigenvalue weighted by molar-refractivity contribution is 0.0687. The predicted molar refractivity (Wildman–Crippen MR) is 89.2 cm³/mol. The minimum Gasteiger partial charge on any atom is -0.478 e. The van der Waals surface area contributed by atoms with Crippen LogP contribution < -0.4 is 0 Å². The molecule has 0 bridgehead atoms. The van der Waals surface area contributed by atoms with Gasteiger partial charge in [-0.15, -0.1) is 0 Å². The van der Waals surface area contributed by atoms with Gasteiger partial charge in [0.1, 0.15) is 11.4 Å². The summed E-state index contributed by atoms with van der Waals surface area (Å²) >= 11 is 0. The van der Waals surface area contributed by atoms with Crippen molar-refractivity contribution >= 4 is 11.9 Å². The molecule has 7 heteroatoms. The van der Waals surface area contributed by atoms with E-state index in [-0.39, 0.29) is 23.3 Å². The van der Waals surface area contributed by atoms with Crippen molar-refractivity contribution in [2.24, 2.45) is 0 Å². The second kappa shape index (κ2) is 6.66. The standard InChI is InChI=1S/C18H20FN3O3/c1-11-3-4-13(9-16(11)19)17(23)21-7-5-14(6-8-21)22-12(2)15(10-20-22)18(24)25/h3-4,9-10,14H,5-8H2,1-2H3,(H,24,25). The Morgan fingerprint density at radius 2 is 1.92 bits per heavy atom. The van der Waals surface area contributed by atoms with E-state index >= 15 is 0 Å². The van der Waals surface area contributed by atoms with E-state index in [1.165, 1.54) is 12.3 Å². The molecule has 132 valence electrons. The molecule has 1 aromatic heterocycles. The maximum absolute atomic E-state index is 13.7. The van der Waals surface area contributed by atoms with Gasteiger partial charge in [0.05, 0.1) is 17.9 Å². The van der Waals surface area contributed by atoms with E-state index in [1.54, 1.807) is 35.6 Å². The number of amides is 1. The molecule has 1 aliphatic rings. The zero-order chi connectivity index (χ0) is 18.1. The fraction of sp³-hybridized carbons (Fsp3) is 0.389. The molecule has 0 radical (unpaired) electrons. The van der Waals surface area contributed by atoms with Crippen LogP contribution >= 0.6 is 0 Å². The average molecular weight is 345 g/mol. The first kappa shape index (κ1) is 17.1. The minimum atomic E-state index is -0.988. The Balaban J connectivity index is 1.68. The Labute approximate surface area is 144 Å². The van der Waals surface area contributed by atoms with Crippen molar-refractivity contribution in [3.8, 4) is 0 Å². The fourth-order valence-corrected chi connectivity index (χ4v) is 3.22. The normalized spacial score (nSPS) is 15.4. The smallest absolute Gasteiger partial charge is 0.339 e. The Morgan fingerprint density at radius 3 is 2.48 bits per heavy atom. The van der Waals surface area contributed by atoms with Crippen LogP contribution in [-0.2, 0) is 0 Å². The number of likely N-dealkylation sites (tertiary alicyclic amines) is 1. The van der Waals surface area contributed by atoms with Crippen LogP contribution in [0.3, 0.4) is 0 Å². The fourth-order valence-electron chi connectivity index (χ4n) is 3.22.